The predicted octanol–water partition coefficient (Wildman–Crippen LogP) is 3.77. The van der Waals surface area contributed by atoms with Gasteiger partial charge < -0.3 is 15.3 Å². The molecule has 0 heterocycles. The third kappa shape index (κ3) is 6.82. The lowest BCUT2D eigenvalue weighted by Gasteiger charge is -2.14. The van der Waals surface area contributed by atoms with Crippen LogP contribution >= 0.6 is 0 Å². The molecule has 0 aliphatic carbocycles. The second-order valence-corrected chi connectivity index (χ2v) is 5.26. The zero-order valence-electron chi connectivity index (χ0n) is 14.3. The van der Waals surface area contributed by atoms with E-state index in [0.29, 0.717) is 12.0 Å². The first-order valence-corrected chi connectivity index (χ1v) is 8.16. The van der Waals surface area contributed by atoms with Gasteiger partial charge in [-0.25, -0.2) is 9.59 Å². The molecule has 1 rings (SSSR count). The van der Waals surface area contributed by atoms with Gasteiger partial charge in [0.1, 0.15) is 0 Å². The molecule has 3 N–H and O–H groups in total. The van der Waals surface area contributed by atoms with Crippen molar-refractivity contribution in [2.45, 2.75) is 59.3 Å². The Kier molecular flexibility index (Phi) is 10.7. The van der Waals surface area contributed by atoms with Crippen LogP contribution in [0.4, 0.5) is 0 Å². The first kappa shape index (κ1) is 21.1. The Morgan fingerprint density at radius 1 is 0.913 bits per heavy atom. The van der Waals surface area contributed by atoms with Gasteiger partial charge in [-0.2, -0.15) is 0 Å². The number of aryl methyl sites for hydroxylation is 1. The summed E-state index contributed by atoms with van der Waals surface area (Å²) >= 11 is 0. The van der Waals surface area contributed by atoms with Gasteiger partial charge in [-0.15, -0.1) is 0 Å². The van der Waals surface area contributed by atoms with Crippen molar-refractivity contribution in [1.29, 1.82) is 0 Å². The number of benzene rings is 1. The Balaban J connectivity index is 0.00000149. The minimum absolute atomic E-state index is 0.0282. The normalized spacial score (nSPS) is 9.91. The van der Waals surface area contributed by atoms with Gasteiger partial charge in [0.05, 0.1) is 11.1 Å². The van der Waals surface area contributed by atoms with Gasteiger partial charge in [-0.05, 0) is 49.8 Å². The van der Waals surface area contributed by atoms with Gasteiger partial charge in [-0.1, -0.05) is 32.8 Å². The van der Waals surface area contributed by atoms with Gasteiger partial charge >= 0.3 is 11.9 Å². The molecule has 0 bridgehead atoms. The van der Waals surface area contributed by atoms with Gasteiger partial charge in [0, 0.05) is 6.61 Å². The monoisotopic (exact) mass is 324 g/mol. The lowest BCUT2D eigenvalue weighted by Crippen LogP contribution is -2.14. The Labute approximate surface area is 138 Å². The zero-order chi connectivity index (χ0) is 17.8. The molecule has 5 nitrogen and oxygen atoms in total. The molecule has 0 aliphatic heterocycles. The van der Waals surface area contributed by atoms with E-state index >= 15 is 0 Å². The van der Waals surface area contributed by atoms with Crippen LogP contribution in [-0.4, -0.2) is 33.9 Å². The summed E-state index contributed by atoms with van der Waals surface area (Å²) in [7, 11) is 0. The van der Waals surface area contributed by atoms with Crippen molar-refractivity contribution in [3.63, 3.8) is 0 Å². The second kappa shape index (κ2) is 11.7. The van der Waals surface area contributed by atoms with Crippen molar-refractivity contribution in [3.05, 3.63) is 34.4 Å². The number of aromatic carboxylic acids is 2. The van der Waals surface area contributed by atoms with E-state index in [-0.39, 0.29) is 17.7 Å². The maximum absolute atomic E-state index is 11.5. The highest BCUT2D eigenvalue weighted by molar-refractivity contribution is 6.03. The summed E-state index contributed by atoms with van der Waals surface area (Å²) in [4.78, 5) is 22.7. The van der Waals surface area contributed by atoms with E-state index in [9.17, 15) is 14.7 Å². The summed E-state index contributed by atoms with van der Waals surface area (Å²) in [6.07, 6.45) is 5.24. The maximum atomic E-state index is 11.5. The van der Waals surface area contributed by atoms with E-state index in [1.165, 1.54) is 6.07 Å². The van der Waals surface area contributed by atoms with Crippen LogP contribution in [0.1, 0.15) is 78.3 Å². The number of carboxylic acids is 2. The Morgan fingerprint density at radius 2 is 1.43 bits per heavy atom. The smallest absolute Gasteiger partial charge is 0.336 e. The number of carbonyl (C=O) groups is 2. The number of hydrogen-bond donors (Lipinski definition) is 3. The van der Waals surface area contributed by atoms with Crippen LogP contribution in [0.25, 0.3) is 0 Å². The largest absolute Gasteiger partial charge is 0.478 e. The Hall–Kier alpha value is -1.88. The van der Waals surface area contributed by atoms with E-state index in [1.54, 1.807) is 13.0 Å². The highest BCUT2D eigenvalue weighted by atomic mass is 16.4. The number of hydrogen-bond acceptors (Lipinski definition) is 3. The molecule has 1 aromatic carbocycles. The fraction of sp³-hybridized carbons (Fsp3) is 0.556. The van der Waals surface area contributed by atoms with Crippen LogP contribution < -0.4 is 0 Å². The molecule has 0 amide bonds. The van der Waals surface area contributed by atoms with Crippen molar-refractivity contribution < 1.29 is 24.9 Å². The molecule has 0 aliphatic rings. The first-order chi connectivity index (χ1) is 10.9. The molecular formula is C18H28O5. The summed E-state index contributed by atoms with van der Waals surface area (Å²) in [6.45, 7) is 6.04. The van der Waals surface area contributed by atoms with Gasteiger partial charge in [0.15, 0.2) is 0 Å². The first-order valence-electron chi connectivity index (χ1n) is 8.16. The van der Waals surface area contributed by atoms with Gasteiger partial charge in [0.2, 0.25) is 0 Å². The second-order valence-electron chi connectivity index (χ2n) is 5.26. The fourth-order valence-corrected chi connectivity index (χ4v) is 2.35. The van der Waals surface area contributed by atoms with Crippen LogP contribution in [-0.2, 0) is 12.8 Å². The Bertz CT molecular complexity index is 508. The van der Waals surface area contributed by atoms with Crippen molar-refractivity contribution in [3.8, 4) is 0 Å². The van der Waals surface area contributed by atoms with Crippen molar-refractivity contribution in [2.75, 3.05) is 6.61 Å². The average molecular weight is 324 g/mol. The van der Waals surface area contributed by atoms with Gasteiger partial charge in [0.25, 0.3) is 0 Å². The van der Waals surface area contributed by atoms with E-state index < -0.39 is 11.9 Å². The summed E-state index contributed by atoms with van der Waals surface area (Å²) in [5.41, 5.74) is 1.54. The molecule has 1 aromatic rings. The van der Waals surface area contributed by atoms with Crippen LogP contribution in [0, 0.1) is 0 Å². The summed E-state index contributed by atoms with van der Waals surface area (Å²) in [5, 5.41) is 26.1. The van der Waals surface area contributed by atoms with Crippen LogP contribution in [0.2, 0.25) is 0 Å². The highest BCUT2D eigenvalue weighted by Gasteiger charge is 2.22. The van der Waals surface area contributed by atoms with Crippen LogP contribution in [0.5, 0.6) is 0 Å². The van der Waals surface area contributed by atoms with Crippen molar-refractivity contribution in [1.82, 2.24) is 0 Å². The molecule has 23 heavy (non-hydrogen) atoms. The number of rotatable bonds is 8. The minimum atomic E-state index is -1.18. The Morgan fingerprint density at radius 3 is 1.87 bits per heavy atom. The molecule has 130 valence electrons. The quantitative estimate of drug-likeness (QED) is 0.676. The van der Waals surface area contributed by atoms with E-state index in [1.807, 2.05) is 6.92 Å². The van der Waals surface area contributed by atoms with Crippen LogP contribution in [0.3, 0.4) is 0 Å². The molecule has 0 saturated carbocycles. The molecular weight excluding hydrogens is 296 g/mol. The van der Waals surface area contributed by atoms with E-state index in [0.717, 1.165) is 37.7 Å². The molecule has 5 heteroatoms. The highest BCUT2D eigenvalue weighted by Crippen LogP contribution is 2.24. The molecule has 0 radical (unpaired) electrons. The third-order valence-electron chi connectivity index (χ3n) is 3.43. The summed E-state index contributed by atoms with van der Waals surface area (Å²) < 4.78 is 0. The van der Waals surface area contributed by atoms with Crippen molar-refractivity contribution in [2.24, 2.45) is 0 Å². The standard InChI is InChI=1S/C16H22O4.C2H6O/c1-3-5-7-11-9-10-13(15(17)18)14(16(19)20)12(11)8-6-4-2;1-2-3/h9-10H,3-8H2,1-2H3,(H,17,18)(H,19,20);3H,2H2,1H3. The number of aliphatic hydroxyl groups excluding tert-OH is 1. The predicted molar refractivity (Wildman–Crippen MR) is 90.3 cm³/mol. The van der Waals surface area contributed by atoms with E-state index in [4.69, 9.17) is 10.2 Å². The average Bonchev–Trinajstić information content (AvgIpc) is 2.50. The maximum Gasteiger partial charge on any atom is 0.336 e. The summed E-state index contributed by atoms with van der Waals surface area (Å²) in [5.74, 6) is -2.32. The molecule has 0 atom stereocenters. The molecule has 0 unspecified atom stereocenters. The van der Waals surface area contributed by atoms with Crippen molar-refractivity contribution >= 4 is 11.9 Å². The number of aliphatic hydroxyl groups is 1. The topological polar surface area (TPSA) is 94.8 Å². The lowest BCUT2D eigenvalue weighted by molar-refractivity contribution is 0.0650. The molecule has 0 spiro atoms. The van der Waals surface area contributed by atoms with E-state index in [2.05, 4.69) is 6.92 Å². The zero-order valence-corrected chi connectivity index (χ0v) is 14.3. The summed E-state index contributed by atoms with van der Waals surface area (Å²) in [6, 6.07) is 3.20. The minimum Gasteiger partial charge on any atom is -0.478 e. The number of carboxylic acid groups (broad SMARTS) is 2. The molecule has 0 saturated heterocycles. The molecule has 0 fully saturated rings. The van der Waals surface area contributed by atoms with Crippen LogP contribution in [0.15, 0.2) is 12.1 Å². The lowest BCUT2D eigenvalue weighted by atomic mass is 9.90. The number of unbranched alkanes of at least 4 members (excludes halogenated alkanes) is 2. The fourth-order valence-electron chi connectivity index (χ4n) is 2.35. The van der Waals surface area contributed by atoms with Gasteiger partial charge in [-0.3, -0.25) is 0 Å². The SMILES string of the molecule is CCCCc1ccc(C(=O)O)c(C(=O)O)c1CCCC.CCO. The third-order valence-corrected chi connectivity index (χ3v) is 3.43. The molecule has 0 aromatic heterocycles.